The van der Waals surface area contributed by atoms with Crippen LogP contribution in [0.4, 0.5) is 0 Å². The first-order valence-electron chi connectivity index (χ1n) is 6.39. The van der Waals surface area contributed by atoms with E-state index >= 15 is 0 Å². The van der Waals surface area contributed by atoms with Crippen LogP contribution >= 0.6 is 11.3 Å². The number of rotatable bonds is 3. The molecule has 1 aliphatic rings. The van der Waals surface area contributed by atoms with Crippen molar-refractivity contribution in [3.05, 3.63) is 21.4 Å². The van der Waals surface area contributed by atoms with Crippen LogP contribution in [0.3, 0.4) is 0 Å². The van der Waals surface area contributed by atoms with Crippen LogP contribution in [0.2, 0.25) is 0 Å². The molecule has 2 rings (SSSR count). The van der Waals surface area contributed by atoms with Crippen molar-refractivity contribution in [3.8, 4) is 0 Å². The van der Waals surface area contributed by atoms with E-state index in [2.05, 4.69) is 10.9 Å². The lowest BCUT2D eigenvalue weighted by Gasteiger charge is -2.12. The second-order valence-corrected chi connectivity index (χ2v) is 5.53. The SMILES string of the molecule is CC(=O)NNC(=O)COC(=O)c1csc2c1CCCC2. The molecule has 0 atom stereocenters. The van der Waals surface area contributed by atoms with Crippen LogP contribution in [-0.4, -0.2) is 24.4 Å². The Morgan fingerprint density at radius 1 is 1.25 bits per heavy atom. The highest BCUT2D eigenvalue weighted by Gasteiger charge is 2.21. The molecule has 0 spiro atoms. The first-order valence-corrected chi connectivity index (χ1v) is 7.27. The summed E-state index contributed by atoms with van der Waals surface area (Å²) >= 11 is 1.57. The van der Waals surface area contributed by atoms with Gasteiger partial charge >= 0.3 is 5.97 Å². The quantitative estimate of drug-likeness (QED) is 0.642. The highest BCUT2D eigenvalue weighted by molar-refractivity contribution is 7.10. The number of nitrogens with one attached hydrogen (secondary N) is 2. The van der Waals surface area contributed by atoms with Gasteiger partial charge in [-0.15, -0.1) is 11.3 Å². The largest absolute Gasteiger partial charge is 0.452 e. The van der Waals surface area contributed by atoms with Crippen molar-refractivity contribution < 1.29 is 19.1 Å². The number of ether oxygens (including phenoxy) is 1. The molecule has 2 amide bonds. The summed E-state index contributed by atoms with van der Waals surface area (Å²) in [6, 6.07) is 0. The fourth-order valence-electron chi connectivity index (χ4n) is 2.07. The highest BCUT2D eigenvalue weighted by atomic mass is 32.1. The van der Waals surface area contributed by atoms with Crippen molar-refractivity contribution in [2.45, 2.75) is 32.6 Å². The van der Waals surface area contributed by atoms with Crippen LogP contribution in [0.25, 0.3) is 0 Å². The smallest absolute Gasteiger partial charge is 0.339 e. The van der Waals surface area contributed by atoms with E-state index in [4.69, 9.17) is 4.74 Å². The molecular formula is C13H16N2O4S. The Bertz CT molecular complexity index is 538. The summed E-state index contributed by atoms with van der Waals surface area (Å²) in [5, 5.41) is 1.80. The molecule has 0 fully saturated rings. The standard InChI is InChI=1S/C13H16N2O4S/c1-8(16)14-15-12(17)6-19-13(18)10-7-20-11-5-3-2-4-9(10)11/h7H,2-6H2,1H3,(H,14,16)(H,15,17). The van der Waals surface area contributed by atoms with Gasteiger partial charge in [-0.25, -0.2) is 4.79 Å². The van der Waals surface area contributed by atoms with Crippen molar-refractivity contribution in [3.63, 3.8) is 0 Å². The number of amides is 2. The van der Waals surface area contributed by atoms with Crippen molar-refractivity contribution in [1.82, 2.24) is 10.9 Å². The second kappa shape index (κ2) is 6.51. The topological polar surface area (TPSA) is 84.5 Å². The minimum absolute atomic E-state index is 0.392. The molecular weight excluding hydrogens is 280 g/mol. The van der Waals surface area contributed by atoms with Crippen LogP contribution in [0.5, 0.6) is 0 Å². The number of thiophene rings is 1. The van der Waals surface area contributed by atoms with Crippen molar-refractivity contribution in [2.24, 2.45) is 0 Å². The maximum absolute atomic E-state index is 11.9. The Hall–Kier alpha value is -1.89. The third kappa shape index (κ3) is 3.57. The fourth-order valence-corrected chi connectivity index (χ4v) is 3.18. The van der Waals surface area contributed by atoms with Gasteiger partial charge in [-0.05, 0) is 31.2 Å². The van der Waals surface area contributed by atoms with Crippen LogP contribution < -0.4 is 10.9 Å². The summed E-state index contributed by atoms with van der Waals surface area (Å²) in [6.45, 7) is 0.855. The number of carbonyl (C=O) groups is 3. The third-order valence-corrected chi connectivity index (χ3v) is 4.08. The predicted octanol–water partition coefficient (Wildman–Crippen LogP) is 0.951. The predicted molar refractivity (Wildman–Crippen MR) is 73.2 cm³/mol. The van der Waals surface area contributed by atoms with Gasteiger partial charge in [-0.3, -0.25) is 20.4 Å². The molecule has 0 aliphatic heterocycles. The zero-order valence-electron chi connectivity index (χ0n) is 11.2. The normalized spacial score (nSPS) is 13.2. The Morgan fingerprint density at radius 3 is 2.75 bits per heavy atom. The van der Waals surface area contributed by atoms with Gasteiger partial charge < -0.3 is 4.74 Å². The average molecular weight is 296 g/mol. The zero-order valence-corrected chi connectivity index (χ0v) is 12.0. The number of hydrazine groups is 1. The third-order valence-electron chi connectivity index (χ3n) is 2.99. The summed E-state index contributed by atoms with van der Waals surface area (Å²) in [7, 11) is 0. The molecule has 108 valence electrons. The molecule has 0 saturated carbocycles. The van der Waals surface area contributed by atoms with Gasteiger partial charge in [-0.1, -0.05) is 0 Å². The number of aryl methyl sites for hydroxylation is 1. The lowest BCUT2D eigenvalue weighted by Crippen LogP contribution is -2.42. The Kier molecular flexibility index (Phi) is 4.73. The molecule has 0 saturated heterocycles. The summed E-state index contributed by atoms with van der Waals surface area (Å²) in [6.07, 6.45) is 4.13. The van der Waals surface area contributed by atoms with E-state index in [9.17, 15) is 14.4 Å². The summed E-state index contributed by atoms with van der Waals surface area (Å²) in [4.78, 5) is 35.1. The summed E-state index contributed by atoms with van der Waals surface area (Å²) < 4.78 is 4.95. The van der Waals surface area contributed by atoms with Gasteiger partial charge in [0.05, 0.1) is 5.56 Å². The molecule has 1 aliphatic carbocycles. The molecule has 0 bridgehead atoms. The molecule has 0 aromatic carbocycles. The van der Waals surface area contributed by atoms with E-state index in [-0.39, 0.29) is 0 Å². The number of hydrogen-bond acceptors (Lipinski definition) is 5. The number of carbonyl (C=O) groups excluding carboxylic acids is 3. The fraction of sp³-hybridized carbons (Fsp3) is 0.462. The van der Waals surface area contributed by atoms with Crippen molar-refractivity contribution in [2.75, 3.05) is 6.61 Å². The maximum atomic E-state index is 11.9. The maximum Gasteiger partial charge on any atom is 0.339 e. The second-order valence-electron chi connectivity index (χ2n) is 4.56. The van der Waals surface area contributed by atoms with Gasteiger partial charge in [0, 0.05) is 17.2 Å². The Morgan fingerprint density at radius 2 is 2.00 bits per heavy atom. The van der Waals surface area contributed by atoms with Crippen molar-refractivity contribution in [1.29, 1.82) is 0 Å². The van der Waals surface area contributed by atoms with Gasteiger partial charge in [-0.2, -0.15) is 0 Å². The molecule has 0 radical (unpaired) electrons. The molecule has 1 aromatic rings. The van der Waals surface area contributed by atoms with E-state index in [1.165, 1.54) is 11.8 Å². The molecule has 2 N–H and O–H groups in total. The van der Waals surface area contributed by atoms with Gasteiger partial charge in [0.1, 0.15) is 0 Å². The number of fused-ring (bicyclic) bond motifs is 1. The molecule has 1 aromatic heterocycles. The monoisotopic (exact) mass is 296 g/mol. The number of hydrogen-bond donors (Lipinski definition) is 2. The summed E-state index contributed by atoms with van der Waals surface area (Å²) in [5.41, 5.74) is 5.89. The van der Waals surface area contributed by atoms with Gasteiger partial charge in [0.15, 0.2) is 6.61 Å². The van der Waals surface area contributed by atoms with Gasteiger partial charge in [0.25, 0.3) is 5.91 Å². The first-order chi connectivity index (χ1) is 9.58. The minimum Gasteiger partial charge on any atom is -0.452 e. The van der Waals surface area contributed by atoms with E-state index in [1.807, 2.05) is 0 Å². The van der Waals surface area contributed by atoms with E-state index in [0.29, 0.717) is 5.56 Å². The lowest BCUT2D eigenvalue weighted by atomic mass is 9.96. The molecule has 20 heavy (non-hydrogen) atoms. The van der Waals surface area contributed by atoms with Crippen LogP contribution in [0.1, 0.15) is 40.6 Å². The molecule has 7 heteroatoms. The molecule has 6 nitrogen and oxygen atoms in total. The Labute approximate surface area is 120 Å². The van der Waals surface area contributed by atoms with Gasteiger partial charge in [0.2, 0.25) is 5.91 Å². The first kappa shape index (κ1) is 14.5. The molecule has 1 heterocycles. The van der Waals surface area contributed by atoms with E-state index in [1.54, 1.807) is 16.7 Å². The van der Waals surface area contributed by atoms with E-state index < -0.39 is 24.4 Å². The molecule has 0 unspecified atom stereocenters. The highest BCUT2D eigenvalue weighted by Crippen LogP contribution is 2.30. The van der Waals surface area contributed by atoms with Crippen LogP contribution in [-0.2, 0) is 27.2 Å². The zero-order chi connectivity index (χ0) is 14.5. The lowest BCUT2D eigenvalue weighted by molar-refractivity contribution is -0.129. The van der Waals surface area contributed by atoms with E-state index in [0.717, 1.165) is 31.2 Å². The van der Waals surface area contributed by atoms with Crippen molar-refractivity contribution >= 4 is 29.1 Å². The average Bonchev–Trinajstić information content (AvgIpc) is 2.86. The minimum atomic E-state index is -0.572. The Balaban J connectivity index is 1.87. The van der Waals surface area contributed by atoms with Crippen LogP contribution in [0.15, 0.2) is 5.38 Å². The number of esters is 1. The van der Waals surface area contributed by atoms with Crippen LogP contribution in [0, 0.1) is 0 Å². The summed E-state index contributed by atoms with van der Waals surface area (Å²) in [5.74, 6) is -1.45.